The summed E-state index contributed by atoms with van der Waals surface area (Å²) in [5.41, 5.74) is 3.07. The molecule has 0 aliphatic carbocycles. The topological polar surface area (TPSA) is 62.3 Å². The highest BCUT2D eigenvalue weighted by atomic mass is 16.2. The molecule has 1 heterocycles. The van der Waals surface area contributed by atoms with Gasteiger partial charge in [0.15, 0.2) is 0 Å². The molecule has 0 aliphatic heterocycles. The van der Waals surface area contributed by atoms with Crippen molar-refractivity contribution in [3.05, 3.63) is 65.5 Å². The van der Waals surface area contributed by atoms with Gasteiger partial charge in [-0.1, -0.05) is 35.9 Å². The summed E-state index contributed by atoms with van der Waals surface area (Å²) in [7, 11) is 0. The first-order chi connectivity index (χ1) is 11.5. The van der Waals surface area contributed by atoms with E-state index in [9.17, 15) is 9.59 Å². The van der Waals surface area contributed by atoms with Crippen molar-refractivity contribution < 1.29 is 9.59 Å². The van der Waals surface area contributed by atoms with E-state index in [0.29, 0.717) is 19.6 Å². The monoisotopic (exact) mass is 325 g/mol. The van der Waals surface area contributed by atoms with Crippen LogP contribution in [0.15, 0.2) is 48.7 Å². The van der Waals surface area contributed by atoms with Crippen molar-refractivity contribution in [2.24, 2.45) is 0 Å². The molecular formula is C19H23N3O2. The Kier molecular flexibility index (Phi) is 6.49. The maximum Gasteiger partial charge on any atom is 0.222 e. The minimum atomic E-state index is -0.0668. The van der Waals surface area contributed by atoms with Crippen LogP contribution < -0.4 is 5.32 Å². The fourth-order valence-electron chi connectivity index (χ4n) is 2.27. The van der Waals surface area contributed by atoms with Gasteiger partial charge >= 0.3 is 0 Å². The van der Waals surface area contributed by atoms with Gasteiger partial charge in [-0.2, -0.15) is 0 Å². The average molecular weight is 325 g/mol. The van der Waals surface area contributed by atoms with Crippen LogP contribution in [-0.4, -0.2) is 28.2 Å². The van der Waals surface area contributed by atoms with Crippen molar-refractivity contribution in [3.8, 4) is 0 Å². The molecule has 0 spiro atoms. The molecule has 0 saturated carbocycles. The van der Waals surface area contributed by atoms with Gasteiger partial charge in [-0.25, -0.2) is 0 Å². The number of rotatable bonds is 7. The van der Waals surface area contributed by atoms with E-state index in [4.69, 9.17) is 0 Å². The first kappa shape index (κ1) is 17.7. The van der Waals surface area contributed by atoms with Crippen molar-refractivity contribution in [1.29, 1.82) is 0 Å². The lowest BCUT2D eigenvalue weighted by atomic mass is 10.1. The van der Waals surface area contributed by atoms with Gasteiger partial charge in [-0.05, 0) is 24.6 Å². The van der Waals surface area contributed by atoms with Crippen LogP contribution >= 0.6 is 0 Å². The van der Waals surface area contributed by atoms with E-state index in [0.717, 1.165) is 11.3 Å². The van der Waals surface area contributed by atoms with Crippen LogP contribution in [0.5, 0.6) is 0 Å². The minimum absolute atomic E-state index is 0.0630. The van der Waals surface area contributed by atoms with Gasteiger partial charge < -0.3 is 10.2 Å². The molecule has 1 aromatic heterocycles. The highest BCUT2D eigenvalue weighted by Gasteiger charge is 2.12. The molecular weight excluding hydrogens is 302 g/mol. The Hall–Kier alpha value is -2.69. The lowest BCUT2D eigenvalue weighted by Crippen LogP contribution is -2.33. The van der Waals surface area contributed by atoms with Crippen molar-refractivity contribution in [2.75, 3.05) is 6.54 Å². The predicted octanol–water partition coefficient (Wildman–Crippen LogP) is 2.45. The number of benzene rings is 1. The van der Waals surface area contributed by atoms with Gasteiger partial charge in [0.25, 0.3) is 0 Å². The van der Waals surface area contributed by atoms with Gasteiger partial charge in [-0.15, -0.1) is 0 Å². The zero-order chi connectivity index (χ0) is 17.4. The second-order valence-corrected chi connectivity index (χ2v) is 5.77. The summed E-state index contributed by atoms with van der Waals surface area (Å²) in [4.78, 5) is 29.6. The summed E-state index contributed by atoms with van der Waals surface area (Å²) in [6.45, 7) is 4.83. The molecule has 126 valence electrons. The van der Waals surface area contributed by atoms with Crippen molar-refractivity contribution in [2.45, 2.75) is 33.4 Å². The van der Waals surface area contributed by atoms with Gasteiger partial charge in [-0.3, -0.25) is 14.6 Å². The standard InChI is InChI=1S/C19H23N3O2/c1-15-6-8-17(9-7-15)13-21-19(24)10-12-22(16(2)23)14-18-5-3-4-11-20-18/h3-9,11H,10,12-14H2,1-2H3,(H,21,24). The molecule has 0 unspecified atom stereocenters. The molecule has 1 aromatic carbocycles. The number of carbonyl (C=O) groups excluding carboxylic acids is 2. The van der Waals surface area contributed by atoms with Crippen LogP contribution in [0.2, 0.25) is 0 Å². The number of nitrogens with one attached hydrogen (secondary N) is 1. The number of aryl methyl sites for hydroxylation is 1. The van der Waals surface area contributed by atoms with Crippen LogP contribution in [0.3, 0.4) is 0 Å². The minimum Gasteiger partial charge on any atom is -0.352 e. The van der Waals surface area contributed by atoms with Crippen molar-refractivity contribution in [1.82, 2.24) is 15.2 Å². The molecule has 0 bridgehead atoms. The Bertz CT molecular complexity index is 669. The largest absolute Gasteiger partial charge is 0.352 e. The fourth-order valence-corrected chi connectivity index (χ4v) is 2.27. The van der Waals surface area contributed by atoms with E-state index in [2.05, 4.69) is 10.3 Å². The summed E-state index contributed by atoms with van der Waals surface area (Å²) < 4.78 is 0. The summed E-state index contributed by atoms with van der Waals surface area (Å²) in [5, 5.41) is 2.88. The highest BCUT2D eigenvalue weighted by molar-refractivity contribution is 5.78. The molecule has 0 fully saturated rings. The second-order valence-electron chi connectivity index (χ2n) is 5.77. The lowest BCUT2D eigenvalue weighted by molar-refractivity contribution is -0.130. The third-order valence-corrected chi connectivity index (χ3v) is 3.74. The second kappa shape index (κ2) is 8.82. The quantitative estimate of drug-likeness (QED) is 0.850. The molecule has 0 atom stereocenters. The van der Waals surface area contributed by atoms with Gasteiger partial charge in [0.1, 0.15) is 0 Å². The van der Waals surface area contributed by atoms with Crippen LogP contribution in [-0.2, 0) is 22.7 Å². The van der Waals surface area contributed by atoms with E-state index in [1.807, 2.05) is 49.4 Å². The molecule has 24 heavy (non-hydrogen) atoms. The van der Waals surface area contributed by atoms with Gasteiger partial charge in [0, 0.05) is 32.6 Å². The van der Waals surface area contributed by atoms with E-state index < -0.39 is 0 Å². The number of carbonyl (C=O) groups is 2. The third kappa shape index (κ3) is 5.83. The van der Waals surface area contributed by atoms with Crippen molar-refractivity contribution >= 4 is 11.8 Å². The van der Waals surface area contributed by atoms with E-state index >= 15 is 0 Å². The fraction of sp³-hybridized carbons (Fsp3) is 0.316. The van der Waals surface area contributed by atoms with Crippen LogP contribution in [0, 0.1) is 6.92 Å². The molecule has 5 nitrogen and oxygen atoms in total. The number of nitrogens with zero attached hydrogens (tertiary/aromatic N) is 2. The molecule has 2 rings (SSSR count). The Morgan fingerprint density at radius 2 is 1.88 bits per heavy atom. The van der Waals surface area contributed by atoms with Crippen LogP contribution in [0.25, 0.3) is 0 Å². The molecule has 2 amide bonds. The molecule has 0 radical (unpaired) electrons. The first-order valence-electron chi connectivity index (χ1n) is 8.02. The number of pyridine rings is 1. The third-order valence-electron chi connectivity index (χ3n) is 3.74. The zero-order valence-corrected chi connectivity index (χ0v) is 14.2. The molecule has 1 N–H and O–H groups in total. The van der Waals surface area contributed by atoms with E-state index in [1.54, 1.807) is 11.1 Å². The molecule has 5 heteroatoms. The Balaban J connectivity index is 1.79. The van der Waals surface area contributed by atoms with Gasteiger partial charge in [0.2, 0.25) is 11.8 Å². The Labute approximate surface area is 142 Å². The Morgan fingerprint density at radius 1 is 1.12 bits per heavy atom. The first-order valence-corrected chi connectivity index (χ1v) is 8.02. The lowest BCUT2D eigenvalue weighted by Gasteiger charge is -2.20. The number of hydrogen-bond donors (Lipinski definition) is 1. The molecule has 0 saturated heterocycles. The molecule has 2 aromatic rings. The van der Waals surface area contributed by atoms with Crippen molar-refractivity contribution in [3.63, 3.8) is 0 Å². The summed E-state index contributed by atoms with van der Waals surface area (Å²) in [6.07, 6.45) is 1.97. The normalized spacial score (nSPS) is 10.2. The smallest absolute Gasteiger partial charge is 0.222 e. The SMILES string of the molecule is CC(=O)N(CCC(=O)NCc1ccc(C)cc1)Cc1ccccn1. The maximum atomic E-state index is 12.0. The number of amides is 2. The highest BCUT2D eigenvalue weighted by Crippen LogP contribution is 2.04. The Morgan fingerprint density at radius 3 is 2.50 bits per heavy atom. The summed E-state index contributed by atoms with van der Waals surface area (Å²) >= 11 is 0. The zero-order valence-electron chi connectivity index (χ0n) is 14.2. The van der Waals surface area contributed by atoms with Crippen LogP contribution in [0.4, 0.5) is 0 Å². The van der Waals surface area contributed by atoms with E-state index in [1.165, 1.54) is 12.5 Å². The molecule has 0 aliphatic rings. The maximum absolute atomic E-state index is 12.0. The number of aromatic nitrogens is 1. The summed E-state index contributed by atoms with van der Waals surface area (Å²) in [5.74, 6) is -0.130. The predicted molar refractivity (Wildman–Crippen MR) is 93.0 cm³/mol. The van der Waals surface area contributed by atoms with Gasteiger partial charge in [0.05, 0.1) is 12.2 Å². The van der Waals surface area contributed by atoms with E-state index in [-0.39, 0.29) is 18.2 Å². The van der Waals surface area contributed by atoms with Crippen LogP contribution in [0.1, 0.15) is 30.2 Å². The summed E-state index contributed by atoms with van der Waals surface area (Å²) in [6, 6.07) is 13.6. The number of hydrogen-bond acceptors (Lipinski definition) is 3. The average Bonchev–Trinajstić information content (AvgIpc) is 2.58.